The molecule has 0 atom stereocenters. The molecule has 1 aliphatic heterocycles. The summed E-state index contributed by atoms with van der Waals surface area (Å²) in [6, 6.07) is 9.62. The molecule has 0 aliphatic carbocycles. The summed E-state index contributed by atoms with van der Waals surface area (Å²) in [6.07, 6.45) is 4.69. The molecule has 1 aromatic rings. The second-order valence-electron chi connectivity index (χ2n) is 5.25. The van der Waals surface area contributed by atoms with Gasteiger partial charge in [0.15, 0.2) is 0 Å². The molecule has 0 spiro atoms. The summed E-state index contributed by atoms with van der Waals surface area (Å²) in [5, 5.41) is 0. The third-order valence-electron chi connectivity index (χ3n) is 3.71. The van der Waals surface area contributed by atoms with Crippen LogP contribution in [0.4, 0.5) is 4.79 Å². The Bertz CT molecular complexity index is 519. The summed E-state index contributed by atoms with van der Waals surface area (Å²) in [7, 11) is 1.36. The summed E-state index contributed by atoms with van der Waals surface area (Å²) in [5.74, 6) is -0.0398. The lowest BCUT2D eigenvalue weighted by molar-refractivity contribution is -0.134. The van der Waals surface area contributed by atoms with Crippen LogP contribution >= 0.6 is 0 Å². The van der Waals surface area contributed by atoms with Crippen LogP contribution in [0.3, 0.4) is 0 Å². The van der Waals surface area contributed by atoms with Crippen molar-refractivity contribution < 1.29 is 19.1 Å². The summed E-state index contributed by atoms with van der Waals surface area (Å²) in [4.78, 5) is 24.8. The average molecular weight is 303 g/mol. The molecular weight excluding hydrogens is 282 g/mol. The summed E-state index contributed by atoms with van der Waals surface area (Å²) < 4.78 is 9.88. The van der Waals surface area contributed by atoms with Crippen LogP contribution in [-0.4, -0.2) is 37.2 Å². The summed E-state index contributed by atoms with van der Waals surface area (Å²) >= 11 is 0. The molecule has 1 heterocycles. The Hall–Kier alpha value is -2.30. The molecule has 1 saturated heterocycles. The maximum absolute atomic E-state index is 12.0. The fourth-order valence-corrected chi connectivity index (χ4v) is 2.37. The van der Waals surface area contributed by atoms with Gasteiger partial charge in [-0.3, -0.25) is 0 Å². The lowest BCUT2D eigenvalue weighted by atomic mass is 9.97. The molecule has 5 nitrogen and oxygen atoms in total. The summed E-state index contributed by atoms with van der Waals surface area (Å²) in [5.41, 5.74) is 0.978. The largest absolute Gasteiger partial charge is 0.466 e. The van der Waals surface area contributed by atoms with Crippen molar-refractivity contribution in [1.82, 2.24) is 4.90 Å². The number of allylic oxidation sites excluding steroid dienone is 1. The number of hydrogen-bond acceptors (Lipinski definition) is 4. The van der Waals surface area contributed by atoms with E-state index in [-0.39, 0.29) is 12.1 Å². The van der Waals surface area contributed by atoms with Crippen LogP contribution < -0.4 is 0 Å². The van der Waals surface area contributed by atoms with Crippen LogP contribution in [0.2, 0.25) is 0 Å². The van der Waals surface area contributed by atoms with Gasteiger partial charge in [-0.1, -0.05) is 36.4 Å². The van der Waals surface area contributed by atoms with Gasteiger partial charge in [0.25, 0.3) is 0 Å². The third kappa shape index (κ3) is 4.91. The molecule has 0 aromatic heterocycles. The number of amides is 1. The molecule has 1 amide bonds. The number of esters is 1. The van der Waals surface area contributed by atoms with Gasteiger partial charge in [-0.25, -0.2) is 9.59 Å². The Morgan fingerprint density at radius 3 is 2.55 bits per heavy atom. The molecule has 0 radical (unpaired) electrons. The van der Waals surface area contributed by atoms with E-state index in [1.807, 2.05) is 36.4 Å². The highest BCUT2D eigenvalue weighted by Crippen LogP contribution is 2.19. The number of piperidine rings is 1. The lowest BCUT2D eigenvalue weighted by Gasteiger charge is -2.29. The van der Waals surface area contributed by atoms with E-state index < -0.39 is 0 Å². The SMILES string of the molecule is COC(=O)/C=C/C1CCN(C(=O)OCc2ccccc2)CC1. The second kappa shape index (κ2) is 8.22. The lowest BCUT2D eigenvalue weighted by Crippen LogP contribution is -2.38. The number of likely N-dealkylation sites (tertiary alicyclic amines) is 1. The minimum Gasteiger partial charge on any atom is -0.466 e. The molecule has 2 rings (SSSR count). The van der Waals surface area contributed by atoms with Crippen molar-refractivity contribution in [2.45, 2.75) is 19.4 Å². The highest BCUT2D eigenvalue weighted by Gasteiger charge is 2.22. The molecule has 1 aliphatic rings. The number of nitrogens with zero attached hydrogens (tertiary/aromatic N) is 1. The Morgan fingerprint density at radius 1 is 1.23 bits per heavy atom. The normalized spacial score (nSPS) is 15.8. The first-order chi connectivity index (χ1) is 10.7. The van der Waals surface area contributed by atoms with Crippen molar-refractivity contribution in [3.8, 4) is 0 Å². The van der Waals surface area contributed by atoms with Crippen LogP contribution in [-0.2, 0) is 20.9 Å². The number of hydrogen-bond donors (Lipinski definition) is 0. The Kier molecular flexibility index (Phi) is 6.01. The molecule has 0 unspecified atom stereocenters. The maximum atomic E-state index is 12.0. The second-order valence-corrected chi connectivity index (χ2v) is 5.25. The smallest absolute Gasteiger partial charge is 0.410 e. The number of carbonyl (C=O) groups is 2. The first-order valence-electron chi connectivity index (χ1n) is 7.41. The predicted octanol–water partition coefficient (Wildman–Crippen LogP) is 2.76. The molecule has 0 bridgehead atoms. The molecule has 0 saturated carbocycles. The zero-order valence-electron chi connectivity index (χ0n) is 12.7. The highest BCUT2D eigenvalue weighted by molar-refractivity contribution is 5.81. The number of methoxy groups -OCH3 is 1. The topological polar surface area (TPSA) is 55.8 Å². The minimum atomic E-state index is -0.343. The molecule has 118 valence electrons. The van der Waals surface area contributed by atoms with E-state index in [1.54, 1.807) is 4.90 Å². The van der Waals surface area contributed by atoms with Crippen LogP contribution in [0.1, 0.15) is 18.4 Å². The van der Waals surface area contributed by atoms with E-state index in [2.05, 4.69) is 4.74 Å². The van der Waals surface area contributed by atoms with Crippen molar-refractivity contribution in [1.29, 1.82) is 0 Å². The van der Waals surface area contributed by atoms with Crippen molar-refractivity contribution in [3.63, 3.8) is 0 Å². The molecule has 5 heteroatoms. The van der Waals surface area contributed by atoms with Gasteiger partial charge < -0.3 is 14.4 Å². The zero-order valence-corrected chi connectivity index (χ0v) is 12.7. The van der Waals surface area contributed by atoms with Crippen LogP contribution in [0.25, 0.3) is 0 Å². The molecule has 22 heavy (non-hydrogen) atoms. The number of carbonyl (C=O) groups excluding carboxylic acids is 2. The van der Waals surface area contributed by atoms with Crippen molar-refractivity contribution >= 4 is 12.1 Å². The maximum Gasteiger partial charge on any atom is 0.410 e. The van der Waals surface area contributed by atoms with Gasteiger partial charge in [0.1, 0.15) is 6.61 Å². The van der Waals surface area contributed by atoms with Crippen LogP contribution in [0.15, 0.2) is 42.5 Å². The fourth-order valence-electron chi connectivity index (χ4n) is 2.37. The van der Waals surface area contributed by atoms with Gasteiger partial charge in [-0.15, -0.1) is 0 Å². The van der Waals surface area contributed by atoms with E-state index in [0.29, 0.717) is 25.6 Å². The van der Waals surface area contributed by atoms with E-state index >= 15 is 0 Å². The van der Waals surface area contributed by atoms with Gasteiger partial charge in [-0.2, -0.15) is 0 Å². The quantitative estimate of drug-likeness (QED) is 0.634. The third-order valence-corrected chi connectivity index (χ3v) is 3.71. The Balaban J connectivity index is 1.73. The molecule has 1 aromatic carbocycles. The van der Waals surface area contributed by atoms with Gasteiger partial charge in [-0.05, 0) is 24.3 Å². The molecule has 0 N–H and O–H groups in total. The van der Waals surface area contributed by atoms with E-state index in [4.69, 9.17) is 4.74 Å². The standard InChI is InChI=1S/C17H21NO4/c1-21-16(19)8-7-14-9-11-18(12-10-14)17(20)22-13-15-5-3-2-4-6-15/h2-8,14H,9-13H2,1H3/b8-7+. The molecular formula is C17H21NO4. The highest BCUT2D eigenvalue weighted by atomic mass is 16.6. The predicted molar refractivity (Wildman–Crippen MR) is 82.1 cm³/mol. The van der Waals surface area contributed by atoms with Gasteiger partial charge in [0.05, 0.1) is 7.11 Å². The van der Waals surface area contributed by atoms with Crippen molar-refractivity contribution in [2.75, 3.05) is 20.2 Å². The monoisotopic (exact) mass is 303 g/mol. The Labute approximate surface area is 130 Å². The number of benzene rings is 1. The van der Waals surface area contributed by atoms with Crippen LogP contribution in [0.5, 0.6) is 0 Å². The first-order valence-corrected chi connectivity index (χ1v) is 7.41. The fraction of sp³-hybridized carbons (Fsp3) is 0.412. The van der Waals surface area contributed by atoms with Crippen molar-refractivity contribution in [2.24, 2.45) is 5.92 Å². The van der Waals surface area contributed by atoms with E-state index in [9.17, 15) is 9.59 Å². The number of ether oxygens (including phenoxy) is 2. The Morgan fingerprint density at radius 2 is 1.91 bits per heavy atom. The van der Waals surface area contributed by atoms with Crippen molar-refractivity contribution in [3.05, 3.63) is 48.0 Å². The van der Waals surface area contributed by atoms with Gasteiger partial charge >= 0.3 is 12.1 Å². The molecule has 1 fully saturated rings. The van der Waals surface area contributed by atoms with Gasteiger partial charge in [0, 0.05) is 19.2 Å². The number of rotatable bonds is 4. The van der Waals surface area contributed by atoms with Crippen LogP contribution in [0, 0.1) is 5.92 Å². The van der Waals surface area contributed by atoms with E-state index in [0.717, 1.165) is 18.4 Å². The summed E-state index contributed by atoms with van der Waals surface area (Å²) in [6.45, 7) is 1.58. The first kappa shape index (κ1) is 16.1. The minimum absolute atomic E-state index is 0.278. The van der Waals surface area contributed by atoms with E-state index in [1.165, 1.54) is 13.2 Å². The zero-order chi connectivity index (χ0) is 15.8. The average Bonchev–Trinajstić information content (AvgIpc) is 2.59. The van der Waals surface area contributed by atoms with Gasteiger partial charge in [0.2, 0.25) is 0 Å².